The van der Waals surface area contributed by atoms with E-state index in [0.29, 0.717) is 14.9 Å². The van der Waals surface area contributed by atoms with Crippen molar-refractivity contribution < 1.29 is 13.9 Å². The van der Waals surface area contributed by atoms with Gasteiger partial charge in [0.05, 0.1) is 12.9 Å². The number of methoxy groups -OCH3 is 1. The topological polar surface area (TPSA) is 52.1 Å². The minimum absolute atomic E-state index is 0.189. The lowest BCUT2D eigenvalue weighted by molar-refractivity contribution is -0.137. The number of hydrogen-bond donors (Lipinski definition) is 0. The van der Waals surface area contributed by atoms with E-state index in [1.54, 1.807) is 12.1 Å². The van der Waals surface area contributed by atoms with Crippen LogP contribution in [0.15, 0.2) is 28.6 Å². The van der Waals surface area contributed by atoms with Crippen molar-refractivity contribution >= 4 is 29.1 Å². The summed E-state index contributed by atoms with van der Waals surface area (Å²) in [4.78, 5) is 11.0. The average Bonchev–Trinajstić information content (AvgIpc) is 2.84. The summed E-state index contributed by atoms with van der Waals surface area (Å²) in [5.74, 6) is -0.442. The summed E-state index contributed by atoms with van der Waals surface area (Å²) in [6.07, 6.45) is 0. The molecule has 94 valence electrons. The highest BCUT2D eigenvalue weighted by Gasteiger charge is 2.09. The van der Waals surface area contributed by atoms with Gasteiger partial charge in [-0.15, -0.1) is 10.2 Å². The molecular formula is C11H9FN2O2S2. The maximum Gasteiger partial charge on any atom is 0.316 e. The van der Waals surface area contributed by atoms with Gasteiger partial charge in [0.2, 0.25) is 0 Å². The first kappa shape index (κ1) is 13.0. The molecule has 0 aliphatic heterocycles. The quantitative estimate of drug-likeness (QED) is 0.638. The standard InChI is InChI=1S/C11H9FN2O2S2/c1-16-9(15)6-17-11-14-13-10(18-11)7-3-2-4-8(12)5-7/h2-5H,6H2,1H3. The number of nitrogens with zero attached hydrogens (tertiary/aromatic N) is 2. The molecule has 2 aromatic rings. The molecule has 0 amide bonds. The molecule has 0 aliphatic rings. The van der Waals surface area contributed by atoms with E-state index in [4.69, 9.17) is 0 Å². The zero-order valence-corrected chi connectivity index (χ0v) is 11.1. The van der Waals surface area contributed by atoms with E-state index in [9.17, 15) is 9.18 Å². The fourth-order valence-corrected chi connectivity index (χ4v) is 2.87. The number of esters is 1. The predicted molar refractivity (Wildman–Crippen MR) is 68.0 cm³/mol. The molecule has 0 saturated heterocycles. The Hall–Kier alpha value is -1.47. The lowest BCUT2D eigenvalue weighted by atomic mass is 10.2. The number of benzene rings is 1. The van der Waals surface area contributed by atoms with Crippen molar-refractivity contribution in [3.63, 3.8) is 0 Å². The van der Waals surface area contributed by atoms with Crippen LogP contribution in [0.2, 0.25) is 0 Å². The second-order valence-corrected chi connectivity index (χ2v) is 5.45. The summed E-state index contributed by atoms with van der Waals surface area (Å²) in [6.45, 7) is 0. The van der Waals surface area contributed by atoms with Gasteiger partial charge in [-0.3, -0.25) is 4.79 Å². The Morgan fingerprint density at radius 1 is 1.50 bits per heavy atom. The molecular weight excluding hydrogens is 275 g/mol. The average molecular weight is 284 g/mol. The van der Waals surface area contributed by atoms with Gasteiger partial charge >= 0.3 is 5.97 Å². The number of ether oxygens (including phenoxy) is 1. The van der Waals surface area contributed by atoms with Crippen molar-refractivity contribution in [2.24, 2.45) is 0 Å². The third-order valence-electron chi connectivity index (χ3n) is 2.02. The number of halogens is 1. The zero-order valence-electron chi connectivity index (χ0n) is 9.42. The summed E-state index contributed by atoms with van der Waals surface area (Å²) in [6, 6.07) is 6.15. The number of hydrogen-bond acceptors (Lipinski definition) is 6. The normalized spacial score (nSPS) is 10.3. The summed E-state index contributed by atoms with van der Waals surface area (Å²) in [7, 11) is 1.33. The molecule has 0 radical (unpaired) electrons. The Morgan fingerprint density at radius 2 is 2.33 bits per heavy atom. The molecule has 0 N–H and O–H groups in total. The Balaban J connectivity index is 2.08. The molecule has 0 unspecified atom stereocenters. The van der Waals surface area contributed by atoms with E-state index in [0.717, 1.165) is 0 Å². The molecule has 1 aromatic heterocycles. The summed E-state index contributed by atoms with van der Waals surface area (Å²) in [5, 5.41) is 8.52. The summed E-state index contributed by atoms with van der Waals surface area (Å²) in [5.41, 5.74) is 0.678. The molecule has 1 heterocycles. The highest BCUT2D eigenvalue weighted by molar-refractivity contribution is 8.01. The van der Waals surface area contributed by atoms with Gasteiger partial charge in [-0.2, -0.15) is 0 Å². The van der Waals surface area contributed by atoms with Gasteiger partial charge < -0.3 is 4.74 Å². The van der Waals surface area contributed by atoms with Crippen LogP contribution in [-0.4, -0.2) is 29.0 Å². The van der Waals surface area contributed by atoms with E-state index in [-0.39, 0.29) is 17.5 Å². The second-order valence-electron chi connectivity index (χ2n) is 3.25. The van der Waals surface area contributed by atoms with Gasteiger partial charge in [-0.25, -0.2) is 4.39 Å². The van der Waals surface area contributed by atoms with E-state index in [1.807, 2.05) is 0 Å². The Labute approximate surface area is 111 Å². The smallest absolute Gasteiger partial charge is 0.316 e. The first-order valence-electron chi connectivity index (χ1n) is 4.98. The third kappa shape index (κ3) is 3.27. The number of carbonyl (C=O) groups is 1. The molecule has 18 heavy (non-hydrogen) atoms. The lowest BCUT2D eigenvalue weighted by Crippen LogP contribution is -2.02. The van der Waals surface area contributed by atoms with Gasteiger partial charge in [-0.05, 0) is 12.1 Å². The molecule has 0 saturated carbocycles. The van der Waals surface area contributed by atoms with Gasteiger partial charge in [0, 0.05) is 5.56 Å². The van der Waals surface area contributed by atoms with Crippen LogP contribution in [0.1, 0.15) is 0 Å². The van der Waals surface area contributed by atoms with E-state index >= 15 is 0 Å². The monoisotopic (exact) mass is 284 g/mol. The van der Waals surface area contributed by atoms with Crippen LogP contribution in [0.5, 0.6) is 0 Å². The molecule has 0 fully saturated rings. The van der Waals surface area contributed by atoms with Crippen LogP contribution in [0.3, 0.4) is 0 Å². The van der Waals surface area contributed by atoms with E-state index < -0.39 is 0 Å². The molecule has 4 nitrogen and oxygen atoms in total. The number of carbonyl (C=O) groups excluding carboxylic acids is 1. The van der Waals surface area contributed by atoms with Crippen LogP contribution < -0.4 is 0 Å². The molecule has 0 aliphatic carbocycles. The third-order valence-corrected chi connectivity index (χ3v) is 4.10. The SMILES string of the molecule is COC(=O)CSc1nnc(-c2cccc(F)c2)s1. The summed E-state index contributed by atoms with van der Waals surface area (Å²) >= 11 is 2.56. The molecule has 0 atom stereocenters. The van der Waals surface area contributed by atoms with Crippen LogP contribution in [0.25, 0.3) is 10.6 Å². The van der Waals surface area contributed by atoms with Crippen molar-refractivity contribution in [3.05, 3.63) is 30.1 Å². The Morgan fingerprint density at radius 3 is 3.06 bits per heavy atom. The van der Waals surface area contributed by atoms with E-state index in [2.05, 4.69) is 14.9 Å². The second kappa shape index (κ2) is 5.92. The van der Waals surface area contributed by atoms with Crippen LogP contribution in [0.4, 0.5) is 4.39 Å². The fourth-order valence-electron chi connectivity index (χ4n) is 1.19. The molecule has 0 bridgehead atoms. The lowest BCUT2D eigenvalue weighted by Gasteiger charge is -1.95. The van der Waals surface area contributed by atoms with Crippen molar-refractivity contribution in [1.29, 1.82) is 0 Å². The van der Waals surface area contributed by atoms with E-state index in [1.165, 1.54) is 42.3 Å². The molecule has 0 spiro atoms. The van der Waals surface area contributed by atoms with Crippen molar-refractivity contribution in [1.82, 2.24) is 10.2 Å². The van der Waals surface area contributed by atoms with Crippen molar-refractivity contribution in [2.45, 2.75) is 4.34 Å². The highest BCUT2D eigenvalue weighted by Crippen LogP contribution is 2.29. The Kier molecular flexibility index (Phi) is 4.27. The minimum Gasteiger partial charge on any atom is -0.468 e. The Bertz CT molecular complexity index is 559. The van der Waals surface area contributed by atoms with Crippen LogP contribution in [-0.2, 0) is 9.53 Å². The largest absolute Gasteiger partial charge is 0.468 e. The fraction of sp³-hybridized carbons (Fsp3) is 0.182. The maximum atomic E-state index is 13.0. The molecule has 7 heteroatoms. The highest BCUT2D eigenvalue weighted by atomic mass is 32.2. The predicted octanol–water partition coefficient (Wildman–Crippen LogP) is 2.61. The summed E-state index contributed by atoms with van der Waals surface area (Å²) < 4.78 is 18.2. The number of aromatic nitrogens is 2. The number of thioether (sulfide) groups is 1. The van der Waals surface area contributed by atoms with Crippen LogP contribution >= 0.6 is 23.1 Å². The van der Waals surface area contributed by atoms with Gasteiger partial charge in [0.25, 0.3) is 0 Å². The van der Waals surface area contributed by atoms with Gasteiger partial charge in [0.1, 0.15) is 10.8 Å². The maximum absolute atomic E-state index is 13.0. The minimum atomic E-state index is -0.317. The van der Waals surface area contributed by atoms with Gasteiger partial charge in [-0.1, -0.05) is 35.2 Å². The first-order chi connectivity index (χ1) is 8.69. The zero-order chi connectivity index (χ0) is 13.0. The molecule has 2 rings (SSSR count). The first-order valence-corrected chi connectivity index (χ1v) is 6.78. The van der Waals surface area contributed by atoms with Crippen molar-refractivity contribution in [3.8, 4) is 10.6 Å². The number of rotatable bonds is 4. The van der Waals surface area contributed by atoms with Crippen LogP contribution in [0, 0.1) is 5.82 Å². The van der Waals surface area contributed by atoms with Crippen molar-refractivity contribution in [2.75, 3.05) is 12.9 Å². The van der Waals surface area contributed by atoms with Gasteiger partial charge in [0.15, 0.2) is 4.34 Å². The molecule has 1 aromatic carbocycles.